The SMILES string of the molecule is C#C[C@]1(CN2Cc3ccc(OC)cc3C2=O)NC(=O)NC1=O.COc1cc(S(=O)(=O)O)c(C)cc1I.COc1cc(S(=O)(=O)O)c(C)cc1N.COc1cc(S(N)(=O)=O)c(C)cc1I.COc1ccc2c(c1)C(=O)N(C[C@@]1(c3cc4cc(C)c(S(N)(=O)=O)cc4o3)NC(=O)NC1=O)C2.Cc1cc(I)c(O)cc1S(N)(=O)=O. The molecule has 0 unspecified atom stereocenters. The van der Waals surface area contributed by atoms with Crippen molar-refractivity contribution in [2.75, 3.05) is 54.4 Å². The number of fused-ring (bicyclic) bond motifs is 3. The summed E-state index contributed by atoms with van der Waals surface area (Å²) in [6, 6.07) is 24.8. The highest BCUT2D eigenvalue weighted by Crippen LogP contribution is 2.38. The molecule has 15 N–H and O–H groups in total. The number of carbonyl (C=O) groups excluding carboxylic acids is 6. The number of methoxy groups -OCH3 is 5. The lowest BCUT2D eigenvalue weighted by Crippen LogP contribution is -2.54. The van der Waals surface area contributed by atoms with Crippen LogP contribution in [0.25, 0.3) is 11.0 Å². The number of benzene rings is 7. The van der Waals surface area contributed by atoms with Crippen LogP contribution in [0.4, 0.5) is 15.3 Å². The lowest BCUT2D eigenvalue weighted by atomic mass is 9.95. The summed E-state index contributed by atoms with van der Waals surface area (Å²) in [5, 5.41) is 34.3. The number of aromatic hydroxyl groups is 1. The van der Waals surface area contributed by atoms with Gasteiger partial charge in [0.05, 0.1) is 79.7 Å². The van der Waals surface area contributed by atoms with Crippen molar-refractivity contribution in [1.82, 2.24) is 31.1 Å². The summed E-state index contributed by atoms with van der Waals surface area (Å²) in [6.45, 7) is 8.31. The van der Waals surface area contributed by atoms with Crippen molar-refractivity contribution in [3.05, 3.63) is 170 Å². The smallest absolute Gasteiger partial charge is 0.323 e. The van der Waals surface area contributed by atoms with Gasteiger partial charge in [0.25, 0.3) is 43.9 Å². The zero-order valence-electron chi connectivity index (χ0n) is 59.9. The first-order valence-corrected chi connectivity index (χ1v) is 42.0. The van der Waals surface area contributed by atoms with E-state index in [0.717, 1.165) is 24.3 Å². The van der Waals surface area contributed by atoms with Crippen LogP contribution in [0.15, 0.2) is 132 Å². The predicted octanol–water partition coefficient (Wildman–Crippen LogP) is 5.85. The highest BCUT2D eigenvalue weighted by molar-refractivity contribution is 14.1. The van der Waals surface area contributed by atoms with Crippen LogP contribution in [0.2, 0.25) is 0 Å². The molecule has 4 aliphatic rings. The Morgan fingerprint density at radius 3 is 1.32 bits per heavy atom. The molecule has 0 spiro atoms. The first-order chi connectivity index (χ1) is 51.4. The Hall–Kier alpha value is -9.20. The van der Waals surface area contributed by atoms with Gasteiger partial charge in [-0.1, -0.05) is 18.1 Å². The number of carbonyl (C=O) groups is 6. The number of aryl methyl sites for hydroxylation is 5. The minimum Gasteiger partial charge on any atom is -0.507 e. The maximum atomic E-state index is 13.1. The van der Waals surface area contributed by atoms with Gasteiger partial charge >= 0.3 is 12.1 Å². The number of nitrogen functional groups attached to an aromatic ring is 1. The van der Waals surface area contributed by atoms with Crippen molar-refractivity contribution >= 4 is 170 Å². The molecule has 2 fully saturated rings. The first kappa shape index (κ1) is 89.0. The molecule has 0 bridgehead atoms. The molecule has 7 aromatic carbocycles. The number of imide groups is 2. The lowest BCUT2D eigenvalue weighted by Gasteiger charge is -2.29. The number of hydrogen-bond acceptors (Lipinski definition) is 24. The molecule has 0 aliphatic carbocycles. The van der Waals surface area contributed by atoms with Crippen LogP contribution in [0.1, 0.15) is 65.4 Å². The Bertz CT molecular complexity index is 5580. The van der Waals surface area contributed by atoms with Gasteiger partial charge in [-0.25, -0.2) is 50.3 Å². The molecule has 8 aromatic rings. The molecule has 2 saturated heterocycles. The third kappa shape index (κ3) is 20.7. The number of terminal acetylenes is 1. The van der Waals surface area contributed by atoms with Crippen LogP contribution in [0, 0.1) is 57.7 Å². The molecule has 0 radical (unpaired) electrons. The van der Waals surface area contributed by atoms with Crippen LogP contribution in [0.3, 0.4) is 0 Å². The van der Waals surface area contributed by atoms with Crippen molar-refractivity contribution in [2.45, 2.75) is 83.3 Å². The molecule has 1 aromatic heterocycles. The van der Waals surface area contributed by atoms with Gasteiger partial charge in [0.15, 0.2) is 11.1 Å². The van der Waals surface area contributed by atoms with Crippen LogP contribution >= 0.6 is 67.8 Å². The summed E-state index contributed by atoms with van der Waals surface area (Å²) >= 11 is 6.01. The van der Waals surface area contributed by atoms with Crippen LogP contribution in [0.5, 0.6) is 34.5 Å². The van der Waals surface area contributed by atoms with Crippen molar-refractivity contribution in [1.29, 1.82) is 0 Å². The quantitative estimate of drug-likeness (QED) is 0.0188. The molecular formula is C68H71I3N10O25S5. The fourth-order valence-electron chi connectivity index (χ4n) is 11.3. The van der Waals surface area contributed by atoms with E-state index in [9.17, 15) is 76.0 Å². The number of primary sulfonamides is 3. The van der Waals surface area contributed by atoms with Crippen molar-refractivity contribution in [3.63, 3.8) is 0 Å². The number of nitrogens with one attached hydrogen (secondary N) is 4. The van der Waals surface area contributed by atoms with E-state index >= 15 is 0 Å². The topological polar surface area (TPSA) is 552 Å². The average Bonchev–Trinajstić information content (AvgIpc) is 1.59. The molecule has 594 valence electrons. The number of nitrogens with zero attached hydrogens (tertiary/aromatic N) is 2. The van der Waals surface area contributed by atoms with Gasteiger partial charge in [0, 0.05) is 59.9 Å². The minimum atomic E-state index is -4.22. The maximum absolute atomic E-state index is 13.1. The largest absolute Gasteiger partial charge is 0.507 e. The number of furan rings is 1. The van der Waals surface area contributed by atoms with Crippen molar-refractivity contribution in [3.8, 4) is 46.8 Å². The Morgan fingerprint density at radius 2 is 0.901 bits per heavy atom. The molecule has 2 atom stereocenters. The van der Waals surface area contributed by atoms with Crippen molar-refractivity contribution in [2.24, 2.45) is 15.4 Å². The fraction of sp³-hybridized carbons (Fsp3) is 0.235. The second-order valence-corrected chi connectivity index (χ2v) is 35.3. The second-order valence-electron chi connectivity index (χ2n) is 24.4. The van der Waals surface area contributed by atoms with E-state index in [1.54, 1.807) is 95.3 Å². The first-order valence-electron chi connectivity index (χ1n) is 31.3. The van der Waals surface area contributed by atoms with Gasteiger partial charge in [0.1, 0.15) is 55.6 Å². The molecule has 12 rings (SSSR count). The highest BCUT2D eigenvalue weighted by Gasteiger charge is 2.53. The number of ether oxygens (including phenoxy) is 5. The Kier molecular flexibility index (Phi) is 27.9. The van der Waals surface area contributed by atoms with Gasteiger partial charge in [-0.3, -0.25) is 38.9 Å². The summed E-state index contributed by atoms with van der Waals surface area (Å²) in [7, 11) is -12.5. The van der Waals surface area contributed by atoms with Gasteiger partial charge in [-0.2, -0.15) is 16.8 Å². The monoisotopic (exact) mass is 1970 g/mol. The number of phenols is 1. The number of sulfonamides is 3. The summed E-state index contributed by atoms with van der Waals surface area (Å²) in [5.74, 6) is 2.65. The number of urea groups is 2. The molecule has 4 aliphatic heterocycles. The molecule has 0 saturated carbocycles. The number of hydrogen-bond donors (Lipinski definition) is 11. The Balaban J connectivity index is 0.000000194. The lowest BCUT2D eigenvalue weighted by molar-refractivity contribution is -0.125. The number of anilines is 1. The van der Waals surface area contributed by atoms with Crippen LogP contribution in [-0.2, 0) is 78.5 Å². The summed E-state index contributed by atoms with van der Waals surface area (Å²) in [4.78, 5) is 76.5. The van der Waals surface area contributed by atoms with E-state index in [1.165, 1.54) is 81.7 Å². The number of nitrogens with two attached hydrogens (primary N) is 4. The van der Waals surface area contributed by atoms with E-state index in [-0.39, 0.29) is 78.8 Å². The molecule has 5 heterocycles. The zero-order valence-corrected chi connectivity index (χ0v) is 70.5. The fourth-order valence-corrected chi connectivity index (χ4v) is 17.4. The molecule has 111 heavy (non-hydrogen) atoms. The highest BCUT2D eigenvalue weighted by atomic mass is 127. The van der Waals surface area contributed by atoms with E-state index in [0.29, 0.717) is 83.1 Å². The predicted molar refractivity (Wildman–Crippen MR) is 425 cm³/mol. The third-order valence-electron chi connectivity index (χ3n) is 16.8. The molecule has 8 amide bonds. The molecular weight excluding hydrogens is 1900 g/mol. The Labute approximate surface area is 678 Å². The number of phenolic OH excluding ortho intramolecular Hbond substituents is 1. The number of rotatable bonds is 15. The minimum absolute atomic E-state index is 0.0367. The molecule has 43 heteroatoms. The van der Waals surface area contributed by atoms with E-state index in [2.05, 4.69) is 49.8 Å². The van der Waals surface area contributed by atoms with Crippen LogP contribution < -0.4 is 66.1 Å². The van der Waals surface area contributed by atoms with E-state index < -0.39 is 85.3 Å². The van der Waals surface area contributed by atoms with E-state index in [4.69, 9.17) is 64.8 Å². The third-order valence-corrected chi connectivity index (χ3v) is 24.5. The normalized spacial score (nSPS) is 16.3. The number of amides is 8. The number of halogens is 3. The molecule has 35 nitrogen and oxygen atoms in total. The van der Waals surface area contributed by atoms with Crippen molar-refractivity contribution < 1.29 is 113 Å². The van der Waals surface area contributed by atoms with Crippen LogP contribution in [-0.4, -0.2) is 156 Å². The second kappa shape index (κ2) is 34.8. The standard InChI is InChI=1S/C22H20N4O7S.C15H13N3O4.C8H10INO3S.C8H9IO4S.C8H11NO4S.C7H8INO3S/c1-11-5-13-6-18(33-16(13)8-17(11)34(23,30)31)22(20(28)24-21(29)25-22)10-26-9-12-3-4-14(32-2)7-15(12)19(26)27;1-3-15(13(20)16-14(21)17-15)8-18-7-9-4-5-10(22-2)6-11(9)12(18)19;3*1-5-3-6(9)7(13-2)4-8(5)14(10,11)12;1-4-2-5(8)6(10)3-7(4)13(9,11)12/h3-8H,9-10H2,1-2H3,(H2,23,30,31)(H2,24,25,28,29);1,4-6H,7-8H2,2H3,(H2,16,17,20,21);3-4H,1-2H3,(H2,10,11,12);3-4H,1-2H3,(H,10,11,12);3-4H,9H2,1-2H3,(H,10,11,12);2-3,10H,1H3,(H2,9,11,12)/t22-;15-;;;;/m01..../s1. The Morgan fingerprint density at radius 1 is 0.505 bits per heavy atom. The average molecular weight is 1970 g/mol. The summed E-state index contributed by atoms with van der Waals surface area (Å²) in [6.07, 6.45) is 5.41. The summed E-state index contributed by atoms with van der Waals surface area (Å²) in [5.41, 5.74) is 7.75. The van der Waals surface area contributed by atoms with Gasteiger partial charge in [-0.05, 0) is 202 Å². The zero-order chi connectivity index (χ0) is 83.3. The summed E-state index contributed by atoms with van der Waals surface area (Å²) < 4.78 is 163. The van der Waals surface area contributed by atoms with Gasteiger partial charge in [0.2, 0.25) is 30.1 Å². The van der Waals surface area contributed by atoms with E-state index in [1.807, 2.05) is 45.2 Å². The van der Waals surface area contributed by atoms with Gasteiger partial charge < -0.3 is 59.4 Å². The van der Waals surface area contributed by atoms with Gasteiger partial charge in [-0.15, -0.1) is 6.42 Å². The maximum Gasteiger partial charge on any atom is 0.323 e.